The van der Waals surface area contributed by atoms with Gasteiger partial charge < -0.3 is 19.4 Å². The van der Waals surface area contributed by atoms with Crippen LogP contribution in [0.1, 0.15) is 25.1 Å². The fourth-order valence-electron chi connectivity index (χ4n) is 2.92. The Morgan fingerprint density at radius 3 is 2.52 bits per heavy atom. The van der Waals surface area contributed by atoms with Crippen LogP contribution in [0.5, 0.6) is 11.5 Å². The van der Waals surface area contributed by atoms with Crippen LogP contribution in [0.2, 0.25) is 5.02 Å². The summed E-state index contributed by atoms with van der Waals surface area (Å²) in [4.78, 5) is 12.7. The summed E-state index contributed by atoms with van der Waals surface area (Å²) in [5.74, 6) is 1.09. The van der Waals surface area contributed by atoms with Crippen LogP contribution in [0.3, 0.4) is 0 Å². The number of hydrogen-bond donors (Lipinski definition) is 1. The second-order valence-electron chi connectivity index (χ2n) is 6.89. The molecule has 1 atom stereocenters. The molecule has 0 saturated heterocycles. The lowest BCUT2D eigenvalue weighted by atomic mass is 10.2. The molecule has 0 saturated carbocycles. The number of nitrogens with zero attached hydrogens (tertiary/aromatic N) is 1. The van der Waals surface area contributed by atoms with Crippen LogP contribution >= 0.6 is 23.4 Å². The molecule has 2 aromatic carbocycles. The third-order valence-corrected chi connectivity index (χ3v) is 5.58. The minimum atomic E-state index is -0.969. The van der Waals surface area contributed by atoms with Gasteiger partial charge in [0.1, 0.15) is 18.1 Å². The number of hydrogen-bond acceptors (Lipinski definition) is 6. The Morgan fingerprint density at radius 2 is 1.81 bits per heavy atom. The van der Waals surface area contributed by atoms with Gasteiger partial charge in [-0.2, -0.15) is 0 Å². The van der Waals surface area contributed by atoms with Crippen LogP contribution in [0.4, 0.5) is 0 Å². The first-order valence-corrected chi connectivity index (χ1v) is 10.9. The second kappa shape index (κ2) is 10.1. The fraction of sp³-hybridized carbons (Fsp3) is 0.261. The van der Waals surface area contributed by atoms with Gasteiger partial charge in [0.25, 0.3) is 10.7 Å². The topological polar surface area (TPSA) is 69.9 Å². The van der Waals surface area contributed by atoms with E-state index in [1.54, 1.807) is 37.3 Å². The highest BCUT2D eigenvalue weighted by molar-refractivity contribution is 8.00. The molecule has 6 nitrogen and oxygen atoms in total. The Balaban J connectivity index is 1.73. The van der Waals surface area contributed by atoms with Crippen molar-refractivity contribution in [1.29, 1.82) is 0 Å². The summed E-state index contributed by atoms with van der Waals surface area (Å²) in [6.07, 6.45) is 0. The molecule has 0 bridgehead atoms. The SMILES string of the molecule is CCOC(C)(Oc1cccc(OCc2cc(C)cc(=O)n2O)c1)Sc1ccc(Cl)cc1. The molecule has 0 amide bonds. The van der Waals surface area contributed by atoms with Gasteiger partial charge in [0.05, 0.1) is 5.69 Å². The lowest BCUT2D eigenvalue weighted by Gasteiger charge is -2.29. The highest BCUT2D eigenvalue weighted by Gasteiger charge is 2.29. The molecule has 0 radical (unpaired) electrons. The molecule has 0 aliphatic carbocycles. The zero-order valence-corrected chi connectivity index (χ0v) is 19.1. The highest BCUT2D eigenvalue weighted by Crippen LogP contribution is 2.37. The van der Waals surface area contributed by atoms with Gasteiger partial charge in [0.2, 0.25) is 0 Å². The number of halogens is 1. The van der Waals surface area contributed by atoms with Crippen LogP contribution in [0.15, 0.2) is 70.4 Å². The summed E-state index contributed by atoms with van der Waals surface area (Å²) in [7, 11) is 0. The summed E-state index contributed by atoms with van der Waals surface area (Å²) in [5.41, 5.74) is 0.605. The van der Waals surface area contributed by atoms with Gasteiger partial charge in [0.15, 0.2) is 0 Å². The summed E-state index contributed by atoms with van der Waals surface area (Å²) in [6, 6.07) is 17.6. The molecule has 1 unspecified atom stereocenters. The van der Waals surface area contributed by atoms with Crippen LogP contribution in [0, 0.1) is 6.92 Å². The van der Waals surface area contributed by atoms with Crippen LogP contribution < -0.4 is 15.0 Å². The van der Waals surface area contributed by atoms with Gasteiger partial charge in [-0.3, -0.25) is 4.79 Å². The van der Waals surface area contributed by atoms with E-state index in [9.17, 15) is 10.0 Å². The minimum Gasteiger partial charge on any atom is -0.487 e. The number of aromatic nitrogens is 1. The molecule has 3 rings (SSSR count). The van der Waals surface area contributed by atoms with E-state index < -0.39 is 10.7 Å². The van der Waals surface area contributed by atoms with Crippen molar-refractivity contribution in [2.24, 2.45) is 0 Å². The van der Waals surface area contributed by atoms with Crippen molar-refractivity contribution < 1.29 is 19.4 Å². The van der Waals surface area contributed by atoms with Gasteiger partial charge >= 0.3 is 0 Å². The number of rotatable bonds is 9. The van der Waals surface area contributed by atoms with E-state index in [1.807, 2.05) is 38.1 Å². The number of thioether (sulfide) groups is 1. The van der Waals surface area contributed by atoms with E-state index in [4.69, 9.17) is 25.8 Å². The van der Waals surface area contributed by atoms with Crippen molar-refractivity contribution in [1.82, 2.24) is 4.73 Å². The van der Waals surface area contributed by atoms with Gasteiger partial charge in [-0.05, 0) is 73.6 Å². The number of benzene rings is 2. The predicted molar refractivity (Wildman–Crippen MR) is 121 cm³/mol. The predicted octanol–water partition coefficient (Wildman–Crippen LogP) is 5.51. The maximum absolute atomic E-state index is 11.7. The lowest BCUT2D eigenvalue weighted by Crippen LogP contribution is -2.31. The molecule has 0 spiro atoms. The van der Waals surface area contributed by atoms with Crippen LogP contribution in [-0.4, -0.2) is 21.7 Å². The van der Waals surface area contributed by atoms with E-state index in [0.717, 1.165) is 10.5 Å². The lowest BCUT2D eigenvalue weighted by molar-refractivity contribution is -0.0925. The van der Waals surface area contributed by atoms with Gasteiger partial charge in [-0.15, -0.1) is 4.73 Å². The quantitative estimate of drug-likeness (QED) is 0.257. The summed E-state index contributed by atoms with van der Waals surface area (Å²) in [5, 5.41) is 9.59. The molecular weight excluding hydrogens is 438 g/mol. The summed E-state index contributed by atoms with van der Waals surface area (Å²) in [6.45, 7) is 6.03. The van der Waals surface area contributed by atoms with Crippen molar-refractivity contribution in [3.63, 3.8) is 0 Å². The molecule has 8 heteroatoms. The molecule has 3 aromatic rings. The van der Waals surface area contributed by atoms with E-state index >= 15 is 0 Å². The Kier molecular flexibility index (Phi) is 7.54. The maximum Gasteiger partial charge on any atom is 0.283 e. The first kappa shape index (κ1) is 23.1. The van der Waals surface area contributed by atoms with Crippen molar-refractivity contribution in [3.05, 3.63) is 87.3 Å². The van der Waals surface area contributed by atoms with Crippen molar-refractivity contribution in [2.45, 2.75) is 37.4 Å². The molecule has 1 aromatic heterocycles. The molecule has 0 fully saturated rings. The Bertz CT molecular complexity index is 1090. The second-order valence-corrected chi connectivity index (χ2v) is 8.74. The molecule has 0 aliphatic heterocycles. The Hall–Kier alpha value is -2.61. The minimum absolute atomic E-state index is 0.0269. The number of pyridine rings is 1. The van der Waals surface area contributed by atoms with Crippen LogP contribution in [-0.2, 0) is 11.3 Å². The summed E-state index contributed by atoms with van der Waals surface area (Å²) < 4.78 is 18.4. The average molecular weight is 462 g/mol. The first-order chi connectivity index (χ1) is 14.8. The third-order valence-electron chi connectivity index (χ3n) is 4.25. The van der Waals surface area contributed by atoms with Gasteiger partial charge in [-0.25, -0.2) is 0 Å². The molecule has 1 heterocycles. The summed E-state index contributed by atoms with van der Waals surface area (Å²) >= 11 is 7.40. The zero-order valence-electron chi connectivity index (χ0n) is 17.5. The standard InChI is InChI=1S/C23H24ClNO5S/c1-4-29-23(3,31-21-10-8-17(24)9-11-21)30-20-7-5-6-19(14-20)28-15-18-12-16(2)13-22(26)25(18)27/h5-14,27H,4,15H2,1-3H3. The normalized spacial score (nSPS) is 12.9. The molecular formula is C23H24ClNO5S. The molecule has 1 N–H and O–H groups in total. The smallest absolute Gasteiger partial charge is 0.283 e. The Morgan fingerprint density at radius 1 is 1.10 bits per heavy atom. The number of aryl methyl sites for hydroxylation is 1. The monoisotopic (exact) mass is 461 g/mol. The third kappa shape index (κ3) is 6.43. The van der Waals surface area contributed by atoms with E-state index in [2.05, 4.69) is 0 Å². The van der Waals surface area contributed by atoms with E-state index in [0.29, 0.717) is 33.6 Å². The number of ether oxygens (including phenoxy) is 3. The first-order valence-electron chi connectivity index (χ1n) is 9.70. The van der Waals surface area contributed by atoms with E-state index in [-0.39, 0.29) is 6.61 Å². The van der Waals surface area contributed by atoms with E-state index in [1.165, 1.54) is 17.8 Å². The largest absolute Gasteiger partial charge is 0.487 e. The average Bonchev–Trinajstić information content (AvgIpc) is 2.71. The highest BCUT2D eigenvalue weighted by atomic mass is 35.5. The van der Waals surface area contributed by atoms with Crippen molar-refractivity contribution in [3.8, 4) is 11.5 Å². The molecule has 0 aliphatic rings. The van der Waals surface area contributed by atoms with Crippen LogP contribution in [0.25, 0.3) is 0 Å². The van der Waals surface area contributed by atoms with Crippen molar-refractivity contribution in [2.75, 3.05) is 6.61 Å². The fourth-order valence-corrected chi connectivity index (χ4v) is 4.06. The zero-order chi connectivity index (χ0) is 22.4. The molecule has 164 valence electrons. The van der Waals surface area contributed by atoms with Gasteiger partial charge in [0, 0.05) is 35.6 Å². The Labute approximate surface area is 190 Å². The molecule has 31 heavy (non-hydrogen) atoms. The van der Waals surface area contributed by atoms with Gasteiger partial charge in [-0.1, -0.05) is 17.7 Å². The van der Waals surface area contributed by atoms with Crippen molar-refractivity contribution >= 4 is 23.4 Å². The maximum atomic E-state index is 11.7.